The fourth-order valence-corrected chi connectivity index (χ4v) is 6.51. The van der Waals surface area contributed by atoms with Crippen molar-refractivity contribution < 1.29 is 0 Å². The van der Waals surface area contributed by atoms with Crippen molar-refractivity contribution >= 4 is 39.6 Å². The van der Waals surface area contributed by atoms with Gasteiger partial charge in [0.05, 0.1) is 16.7 Å². The standard InChI is InChI=1S/C34H38N4/c1-8-34(9-2)23(7)27-20-25(22(5)6)16-19-30(27)38-32-31(35-28-12-10-11-13-29(28)36-32)37(33(34)38)26-17-14-24(15-18-26)21(3)4/h10-22,33H,7-9H2,1-6H3. The van der Waals surface area contributed by atoms with Crippen molar-refractivity contribution in [2.24, 2.45) is 5.41 Å². The van der Waals surface area contributed by atoms with E-state index in [9.17, 15) is 0 Å². The Hall–Kier alpha value is -3.66. The van der Waals surface area contributed by atoms with Crippen LogP contribution in [-0.2, 0) is 0 Å². The first-order chi connectivity index (χ1) is 18.3. The average molecular weight is 503 g/mol. The van der Waals surface area contributed by atoms with E-state index < -0.39 is 0 Å². The van der Waals surface area contributed by atoms with Crippen LogP contribution in [0.25, 0.3) is 16.6 Å². The minimum Gasteiger partial charge on any atom is -0.301 e. The third-order valence-electron chi connectivity index (χ3n) is 8.95. The molecule has 4 aromatic rings. The van der Waals surface area contributed by atoms with E-state index in [0.717, 1.165) is 41.2 Å². The number of benzene rings is 3. The highest BCUT2D eigenvalue weighted by Gasteiger charge is 2.56. The predicted octanol–water partition coefficient (Wildman–Crippen LogP) is 9.33. The van der Waals surface area contributed by atoms with E-state index >= 15 is 0 Å². The number of fused-ring (bicyclic) bond motifs is 6. The number of hydrogen-bond donors (Lipinski definition) is 0. The van der Waals surface area contributed by atoms with Gasteiger partial charge in [-0.05, 0) is 77.8 Å². The molecule has 0 bridgehead atoms. The molecule has 1 atom stereocenters. The Morgan fingerprint density at radius 1 is 0.763 bits per heavy atom. The van der Waals surface area contributed by atoms with Gasteiger partial charge in [0.1, 0.15) is 6.17 Å². The zero-order valence-electron chi connectivity index (χ0n) is 23.5. The van der Waals surface area contributed by atoms with E-state index in [1.54, 1.807) is 0 Å². The number of anilines is 4. The lowest BCUT2D eigenvalue weighted by Crippen LogP contribution is -2.54. The fraction of sp³-hybridized carbons (Fsp3) is 0.353. The minimum atomic E-state index is -0.173. The van der Waals surface area contributed by atoms with Crippen molar-refractivity contribution in [3.63, 3.8) is 0 Å². The van der Waals surface area contributed by atoms with Crippen LogP contribution in [0, 0.1) is 5.41 Å². The molecule has 2 aliphatic heterocycles. The van der Waals surface area contributed by atoms with Crippen LogP contribution in [0.3, 0.4) is 0 Å². The van der Waals surface area contributed by atoms with Crippen LogP contribution in [0.4, 0.5) is 23.0 Å². The molecular formula is C34H38N4. The molecule has 0 N–H and O–H groups in total. The Bertz CT molecular complexity index is 1530. The first-order valence-electron chi connectivity index (χ1n) is 14.1. The van der Waals surface area contributed by atoms with Gasteiger partial charge in [0.15, 0.2) is 11.6 Å². The second-order valence-electron chi connectivity index (χ2n) is 11.5. The van der Waals surface area contributed by atoms with Crippen molar-refractivity contribution in [2.75, 3.05) is 9.80 Å². The van der Waals surface area contributed by atoms with Crippen molar-refractivity contribution in [3.05, 3.63) is 90.0 Å². The molecule has 194 valence electrons. The molecule has 0 aliphatic carbocycles. The van der Waals surface area contributed by atoms with Crippen LogP contribution >= 0.6 is 0 Å². The van der Waals surface area contributed by atoms with Gasteiger partial charge in [0.25, 0.3) is 0 Å². The first-order valence-corrected chi connectivity index (χ1v) is 14.1. The predicted molar refractivity (Wildman–Crippen MR) is 161 cm³/mol. The Labute approximate surface area is 227 Å². The molecule has 1 aromatic heterocycles. The third-order valence-corrected chi connectivity index (χ3v) is 8.95. The van der Waals surface area contributed by atoms with Gasteiger partial charge >= 0.3 is 0 Å². The summed E-state index contributed by atoms with van der Waals surface area (Å²) >= 11 is 0. The number of para-hydroxylation sites is 2. The van der Waals surface area contributed by atoms with Crippen molar-refractivity contribution in [2.45, 2.75) is 72.4 Å². The summed E-state index contributed by atoms with van der Waals surface area (Å²) in [7, 11) is 0. The lowest BCUT2D eigenvalue weighted by molar-refractivity contribution is 0.294. The summed E-state index contributed by atoms with van der Waals surface area (Å²) < 4.78 is 0. The highest BCUT2D eigenvalue weighted by molar-refractivity contribution is 5.96. The Kier molecular flexibility index (Phi) is 5.82. The van der Waals surface area contributed by atoms with Crippen molar-refractivity contribution in [1.82, 2.24) is 9.97 Å². The van der Waals surface area contributed by atoms with E-state index in [4.69, 9.17) is 16.5 Å². The van der Waals surface area contributed by atoms with Gasteiger partial charge in [0, 0.05) is 16.7 Å². The highest BCUT2D eigenvalue weighted by atomic mass is 15.5. The first kappa shape index (κ1) is 24.7. The van der Waals surface area contributed by atoms with Crippen LogP contribution in [0.5, 0.6) is 0 Å². The van der Waals surface area contributed by atoms with Crippen LogP contribution in [0.1, 0.15) is 82.9 Å². The molecule has 0 radical (unpaired) electrons. The number of aromatic nitrogens is 2. The van der Waals surface area contributed by atoms with E-state index in [1.807, 2.05) is 12.1 Å². The Morgan fingerprint density at radius 2 is 1.32 bits per heavy atom. The number of rotatable bonds is 5. The molecule has 3 aromatic carbocycles. The SMILES string of the molecule is C=C1c2cc(C(C)C)ccc2N2c3nc4ccccc4nc3N(c3ccc(C(C)C)cc3)C2C1(CC)CC. The molecule has 1 unspecified atom stereocenters. The largest absolute Gasteiger partial charge is 0.301 e. The maximum absolute atomic E-state index is 5.27. The Morgan fingerprint density at radius 3 is 1.87 bits per heavy atom. The summed E-state index contributed by atoms with van der Waals surface area (Å²) in [5, 5.41) is 0. The summed E-state index contributed by atoms with van der Waals surface area (Å²) in [6.07, 6.45) is 1.95. The van der Waals surface area contributed by atoms with Gasteiger partial charge in [0.2, 0.25) is 0 Å². The molecule has 0 saturated carbocycles. The summed E-state index contributed by atoms with van der Waals surface area (Å²) in [6.45, 7) is 18.4. The molecule has 38 heavy (non-hydrogen) atoms. The van der Waals surface area contributed by atoms with E-state index in [-0.39, 0.29) is 11.6 Å². The third kappa shape index (κ3) is 3.42. The highest BCUT2D eigenvalue weighted by Crippen LogP contribution is 2.61. The van der Waals surface area contributed by atoms with Gasteiger partial charge < -0.3 is 9.80 Å². The maximum Gasteiger partial charge on any atom is 0.179 e. The van der Waals surface area contributed by atoms with Crippen LogP contribution in [-0.4, -0.2) is 16.1 Å². The molecule has 0 spiro atoms. The van der Waals surface area contributed by atoms with Crippen LogP contribution in [0.15, 0.2) is 73.3 Å². The van der Waals surface area contributed by atoms with Gasteiger partial charge in [-0.3, -0.25) is 0 Å². The van der Waals surface area contributed by atoms with Crippen molar-refractivity contribution in [3.8, 4) is 0 Å². The van der Waals surface area contributed by atoms with Crippen LogP contribution in [0.2, 0.25) is 0 Å². The van der Waals surface area contributed by atoms with Gasteiger partial charge in [-0.15, -0.1) is 0 Å². The molecule has 4 nitrogen and oxygen atoms in total. The number of hydrogen-bond acceptors (Lipinski definition) is 4. The number of nitrogens with zero attached hydrogens (tertiary/aromatic N) is 4. The fourth-order valence-electron chi connectivity index (χ4n) is 6.51. The summed E-state index contributed by atoms with van der Waals surface area (Å²) in [4.78, 5) is 15.4. The van der Waals surface area contributed by atoms with E-state index in [1.165, 1.54) is 28.0 Å². The van der Waals surface area contributed by atoms with E-state index in [2.05, 4.69) is 106 Å². The normalized spacial score (nSPS) is 17.8. The average Bonchev–Trinajstić information content (AvgIpc) is 3.26. The minimum absolute atomic E-state index is 0.000822. The molecular weight excluding hydrogens is 464 g/mol. The zero-order chi connectivity index (χ0) is 26.8. The molecule has 2 aliphatic rings. The van der Waals surface area contributed by atoms with Crippen molar-refractivity contribution in [1.29, 1.82) is 0 Å². The molecule has 3 heterocycles. The van der Waals surface area contributed by atoms with Gasteiger partial charge in [-0.2, -0.15) is 0 Å². The Balaban J connectivity index is 1.67. The van der Waals surface area contributed by atoms with E-state index in [0.29, 0.717) is 11.8 Å². The smallest absolute Gasteiger partial charge is 0.179 e. The molecule has 0 saturated heterocycles. The monoisotopic (exact) mass is 502 g/mol. The van der Waals surface area contributed by atoms with Gasteiger partial charge in [-0.25, -0.2) is 9.97 Å². The lowest BCUT2D eigenvalue weighted by Gasteiger charge is -2.51. The topological polar surface area (TPSA) is 32.3 Å². The lowest BCUT2D eigenvalue weighted by atomic mass is 9.67. The second-order valence-corrected chi connectivity index (χ2v) is 11.5. The second kappa shape index (κ2) is 8.97. The zero-order valence-corrected chi connectivity index (χ0v) is 23.5. The summed E-state index contributed by atoms with van der Waals surface area (Å²) in [6, 6.07) is 24.2. The maximum atomic E-state index is 5.27. The molecule has 0 amide bonds. The van der Waals surface area contributed by atoms with Crippen LogP contribution < -0.4 is 9.80 Å². The summed E-state index contributed by atoms with van der Waals surface area (Å²) in [5.74, 6) is 2.79. The molecule has 6 rings (SSSR count). The summed E-state index contributed by atoms with van der Waals surface area (Å²) in [5.41, 5.74) is 9.14. The quantitative estimate of drug-likeness (QED) is 0.272. The molecule has 0 fully saturated rings. The molecule has 4 heteroatoms. The van der Waals surface area contributed by atoms with Gasteiger partial charge in [-0.1, -0.05) is 78.5 Å².